The molecule has 0 fully saturated rings. The Morgan fingerprint density at radius 2 is 1.64 bits per heavy atom. The summed E-state index contributed by atoms with van der Waals surface area (Å²) in [4.78, 5) is 19.5. The number of nitrogens with zero attached hydrogens (tertiary/aromatic N) is 1. The summed E-state index contributed by atoms with van der Waals surface area (Å²) in [5, 5.41) is 12.2. The highest BCUT2D eigenvalue weighted by Crippen LogP contribution is 2.43. The van der Waals surface area contributed by atoms with E-state index in [-0.39, 0.29) is 12.5 Å². The van der Waals surface area contributed by atoms with Crippen LogP contribution in [0.4, 0.5) is 0 Å². The SMILES string of the molecule is Cc1cccc(CNC(=O)[C@]2(Cc3ccc(Br)cc3)N=C(c3ccc(OCCCO)cc3)O[C@@H]2c2ccc(Br)cc2)c1. The molecule has 4 aromatic rings. The van der Waals surface area contributed by atoms with Gasteiger partial charge in [-0.15, -0.1) is 0 Å². The van der Waals surface area contributed by atoms with E-state index in [0.29, 0.717) is 37.6 Å². The molecule has 2 atom stereocenters. The molecule has 6 nitrogen and oxygen atoms in total. The van der Waals surface area contributed by atoms with E-state index in [4.69, 9.17) is 19.6 Å². The number of aliphatic hydroxyl groups is 1. The predicted octanol–water partition coefficient (Wildman–Crippen LogP) is 7.10. The highest BCUT2D eigenvalue weighted by Gasteiger charge is 2.53. The van der Waals surface area contributed by atoms with Crippen LogP contribution >= 0.6 is 31.9 Å². The number of ether oxygens (including phenoxy) is 2. The zero-order valence-corrected chi connectivity index (χ0v) is 26.4. The Hall–Kier alpha value is -3.46. The maximum atomic E-state index is 14.4. The van der Waals surface area contributed by atoms with Gasteiger partial charge >= 0.3 is 0 Å². The summed E-state index contributed by atoms with van der Waals surface area (Å²) in [6, 6.07) is 31.3. The first-order valence-electron chi connectivity index (χ1n) is 13.8. The maximum Gasteiger partial charge on any atom is 0.252 e. The zero-order valence-electron chi connectivity index (χ0n) is 23.2. The summed E-state index contributed by atoms with van der Waals surface area (Å²) < 4.78 is 14.2. The number of aryl methyl sites for hydroxylation is 1. The summed E-state index contributed by atoms with van der Waals surface area (Å²) in [5.41, 5.74) is 3.44. The number of hydrogen-bond acceptors (Lipinski definition) is 5. The molecule has 216 valence electrons. The van der Waals surface area contributed by atoms with Crippen molar-refractivity contribution in [2.45, 2.75) is 38.0 Å². The highest BCUT2D eigenvalue weighted by atomic mass is 79.9. The van der Waals surface area contributed by atoms with Gasteiger partial charge in [-0.3, -0.25) is 4.79 Å². The molecule has 42 heavy (non-hydrogen) atoms. The number of hydrogen-bond donors (Lipinski definition) is 2. The van der Waals surface area contributed by atoms with E-state index in [1.54, 1.807) is 0 Å². The fraction of sp³-hybridized carbons (Fsp3) is 0.235. The smallest absolute Gasteiger partial charge is 0.252 e. The van der Waals surface area contributed by atoms with Crippen molar-refractivity contribution < 1.29 is 19.4 Å². The normalized spacial score (nSPS) is 17.8. The fourth-order valence-electron chi connectivity index (χ4n) is 4.99. The number of halogens is 2. The van der Waals surface area contributed by atoms with Crippen LogP contribution in [0.15, 0.2) is 111 Å². The van der Waals surface area contributed by atoms with E-state index in [1.165, 1.54) is 0 Å². The minimum absolute atomic E-state index is 0.0760. The van der Waals surface area contributed by atoms with Crippen LogP contribution < -0.4 is 10.1 Å². The molecule has 1 heterocycles. The Morgan fingerprint density at radius 3 is 2.31 bits per heavy atom. The lowest BCUT2D eigenvalue weighted by atomic mass is 9.82. The summed E-state index contributed by atoms with van der Waals surface area (Å²) in [6.07, 6.45) is 0.233. The van der Waals surface area contributed by atoms with Crippen molar-refractivity contribution in [3.63, 3.8) is 0 Å². The minimum atomic E-state index is -1.27. The Bertz CT molecular complexity index is 1540. The number of carbonyl (C=O) groups excluding carboxylic acids is 1. The third-order valence-corrected chi connectivity index (χ3v) is 8.18. The molecule has 0 aromatic heterocycles. The number of rotatable bonds is 11. The van der Waals surface area contributed by atoms with Crippen molar-refractivity contribution in [2.24, 2.45) is 4.99 Å². The van der Waals surface area contributed by atoms with Crippen LogP contribution in [0.3, 0.4) is 0 Å². The van der Waals surface area contributed by atoms with Gasteiger partial charge in [0.2, 0.25) is 5.90 Å². The lowest BCUT2D eigenvalue weighted by Gasteiger charge is -2.31. The van der Waals surface area contributed by atoms with E-state index in [9.17, 15) is 4.79 Å². The number of amides is 1. The predicted molar refractivity (Wildman–Crippen MR) is 172 cm³/mol. The van der Waals surface area contributed by atoms with Gasteiger partial charge < -0.3 is 19.9 Å². The first kappa shape index (κ1) is 30.0. The second-order valence-corrected chi connectivity index (χ2v) is 12.1. The monoisotopic (exact) mass is 690 g/mol. The Labute approximate surface area is 263 Å². The first-order valence-corrected chi connectivity index (χ1v) is 15.4. The van der Waals surface area contributed by atoms with Crippen LogP contribution in [-0.4, -0.2) is 35.7 Å². The number of aliphatic hydroxyl groups excluding tert-OH is 1. The van der Waals surface area contributed by atoms with Gasteiger partial charge in [0, 0.05) is 40.5 Å². The van der Waals surface area contributed by atoms with Gasteiger partial charge in [0.25, 0.3) is 5.91 Å². The van der Waals surface area contributed by atoms with Crippen molar-refractivity contribution in [2.75, 3.05) is 13.2 Å². The van der Waals surface area contributed by atoms with E-state index in [2.05, 4.69) is 43.2 Å². The number of aliphatic imine (C=N–C) groups is 1. The largest absolute Gasteiger partial charge is 0.494 e. The van der Waals surface area contributed by atoms with Gasteiger partial charge in [-0.1, -0.05) is 86.0 Å². The van der Waals surface area contributed by atoms with Crippen molar-refractivity contribution in [1.29, 1.82) is 0 Å². The molecular formula is C34H32Br2N2O4. The first-order chi connectivity index (χ1) is 20.4. The lowest BCUT2D eigenvalue weighted by Crippen LogP contribution is -2.49. The molecule has 8 heteroatoms. The highest BCUT2D eigenvalue weighted by molar-refractivity contribution is 9.10. The topological polar surface area (TPSA) is 80.2 Å². The number of nitrogens with one attached hydrogen (secondary N) is 1. The van der Waals surface area contributed by atoms with Gasteiger partial charge in [0.05, 0.1) is 6.61 Å². The van der Waals surface area contributed by atoms with Crippen molar-refractivity contribution in [3.8, 4) is 5.75 Å². The Balaban J connectivity index is 1.55. The molecule has 1 amide bonds. The molecule has 0 spiro atoms. The molecule has 0 saturated carbocycles. The second-order valence-electron chi connectivity index (χ2n) is 10.3. The van der Waals surface area contributed by atoms with Crippen LogP contribution in [0.5, 0.6) is 5.75 Å². The quantitative estimate of drug-likeness (QED) is 0.165. The second kappa shape index (κ2) is 13.7. The van der Waals surface area contributed by atoms with Crippen LogP contribution in [0.2, 0.25) is 0 Å². The van der Waals surface area contributed by atoms with Crippen molar-refractivity contribution >= 4 is 43.7 Å². The van der Waals surface area contributed by atoms with Gasteiger partial charge in [-0.05, 0) is 72.1 Å². The van der Waals surface area contributed by atoms with Gasteiger partial charge in [0.1, 0.15) is 5.75 Å². The van der Waals surface area contributed by atoms with Gasteiger partial charge in [0.15, 0.2) is 11.6 Å². The summed E-state index contributed by atoms with van der Waals surface area (Å²) in [5.74, 6) is 0.874. The average molecular weight is 692 g/mol. The van der Waals surface area contributed by atoms with E-state index in [0.717, 1.165) is 36.8 Å². The number of benzene rings is 4. The minimum Gasteiger partial charge on any atom is -0.494 e. The van der Waals surface area contributed by atoms with Crippen LogP contribution in [-0.2, 0) is 22.5 Å². The molecule has 5 rings (SSSR count). The third kappa shape index (κ3) is 7.12. The standard InChI is InChI=1S/C34H32Br2N2O4/c1-23-4-2-5-25(20-23)22-37-33(40)34(21-24-6-12-28(35)13-7-24)31(26-8-14-29(36)15-9-26)42-32(38-34)27-10-16-30(17-11-27)41-19-3-18-39/h2,4-17,20,31,39H,3,18-19,21-22H2,1H3,(H,37,40)/t31-,34-/m1/s1. The molecule has 0 radical (unpaired) electrons. The maximum absolute atomic E-state index is 14.4. The van der Waals surface area contributed by atoms with E-state index in [1.807, 2.05) is 97.9 Å². The van der Waals surface area contributed by atoms with E-state index >= 15 is 0 Å². The van der Waals surface area contributed by atoms with Crippen LogP contribution in [0.1, 0.15) is 40.3 Å². The lowest BCUT2D eigenvalue weighted by molar-refractivity contribution is -0.129. The summed E-state index contributed by atoms with van der Waals surface area (Å²) in [6.45, 7) is 2.91. The Kier molecular flexibility index (Phi) is 9.77. The molecule has 0 aliphatic carbocycles. The van der Waals surface area contributed by atoms with Crippen molar-refractivity contribution in [3.05, 3.63) is 134 Å². The summed E-state index contributed by atoms with van der Waals surface area (Å²) in [7, 11) is 0. The fourth-order valence-corrected chi connectivity index (χ4v) is 5.52. The number of carbonyl (C=O) groups is 1. The third-order valence-electron chi connectivity index (χ3n) is 7.13. The average Bonchev–Trinajstić information content (AvgIpc) is 3.38. The summed E-state index contributed by atoms with van der Waals surface area (Å²) >= 11 is 7.05. The molecule has 1 aliphatic heterocycles. The molecule has 1 aliphatic rings. The molecule has 0 saturated heterocycles. The van der Waals surface area contributed by atoms with Gasteiger partial charge in [-0.2, -0.15) is 0 Å². The Morgan fingerprint density at radius 1 is 0.952 bits per heavy atom. The van der Waals surface area contributed by atoms with Gasteiger partial charge in [-0.25, -0.2) is 4.99 Å². The zero-order chi connectivity index (χ0) is 29.5. The molecule has 2 N–H and O–H groups in total. The van der Waals surface area contributed by atoms with Crippen LogP contribution in [0.25, 0.3) is 0 Å². The molecular weight excluding hydrogens is 660 g/mol. The van der Waals surface area contributed by atoms with Crippen molar-refractivity contribution in [1.82, 2.24) is 5.32 Å². The molecule has 4 aromatic carbocycles. The van der Waals surface area contributed by atoms with Crippen LogP contribution in [0, 0.1) is 6.92 Å². The molecule has 0 unspecified atom stereocenters. The molecule has 0 bridgehead atoms. The van der Waals surface area contributed by atoms with E-state index < -0.39 is 11.6 Å².